The van der Waals surface area contributed by atoms with Crippen LogP contribution in [0.4, 0.5) is 5.69 Å². The van der Waals surface area contributed by atoms with Gasteiger partial charge in [-0.1, -0.05) is 24.1 Å². The number of hydrogen-bond donors (Lipinski definition) is 2. The normalized spacial score (nSPS) is 27.3. The zero-order valence-corrected chi connectivity index (χ0v) is 14.3. The average Bonchev–Trinajstić information content (AvgIpc) is 2.95. The van der Waals surface area contributed by atoms with Crippen molar-refractivity contribution in [3.05, 3.63) is 29.8 Å². The van der Waals surface area contributed by atoms with Crippen molar-refractivity contribution in [2.24, 2.45) is 11.7 Å². The van der Waals surface area contributed by atoms with E-state index >= 15 is 0 Å². The molecule has 1 aromatic rings. The Bertz CT molecular complexity index is 599. The Morgan fingerprint density at radius 3 is 2.62 bits per heavy atom. The Hall–Kier alpha value is -1.88. The van der Waals surface area contributed by atoms with Gasteiger partial charge in [-0.15, -0.1) is 0 Å². The summed E-state index contributed by atoms with van der Waals surface area (Å²) in [6.07, 6.45) is 5.17. The highest BCUT2D eigenvalue weighted by Crippen LogP contribution is 2.27. The quantitative estimate of drug-likeness (QED) is 0.888. The van der Waals surface area contributed by atoms with E-state index in [1.807, 2.05) is 31.2 Å². The summed E-state index contributed by atoms with van der Waals surface area (Å²) < 4.78 is 0. The van der Waals surface area contributed by atoms with Crippen LogP contribution in [0.25, 0.3) is 0 Å². The maximum absolute atomic E-state index is 12.7. The summed E-state index contributed by atoms with van der Waals surface area (Å²) in [5.41, 5.74) is 8.12. The predicted octanol–water partition coefficient (Wildman–Crippen LogP) is 2.12. The molecule has 2 fully saturated rings. The summed E-state index contributed by atoms with van der Waals surface area (Å²) in [7, 11) is 0. The lowest BCUT2D eigenvalue weighted by molar-refractivity contribution is -0.129. The highest BCUT2D eigenvalue weighted by atomic mass is 16.2. The zero-order chi connectivity index (χ0) is 17.1. The number of nitrogens with two attached hydrogens (primary N) is 1. The molecule has 1 unspecified atom stereocenters. The molecule has 1 heterocycles. The van der Waals surface area contributed by atoms with Gasteiger partial charge in [-0.05, 0) is 50.7 Å². The molecule has 5 heteroatoms. The number of carbonyl (C=O) groups excluding carboxylic acids is 2. The van der Waals surface area contributed by atoms with Crippen molar-refractivity contribution in [1.82, 2.24) is 5.32 Å². The number of nitrogens with one attached hydrogen (secondary N) is 1. The molecule has 3 N–H and O–H groups in total. The Morgan fingerprint density at radius 2 is 1.96 bits per heavy atom. The van der Waals surface area contributed by atoms with Gasteiger partial charge in [0.2, 0.25) is 11.8 Å². The van der Waals surface area contributed by atoms with Crippen molar-refractivity contribution in [1.29, 1.82) is 0 Å². The molecular weight excluding hydrogens is 302 g/mol. The van der Waals surface area contributed by atoms with Crippen LogP contribution in [0.2, 0.25) is 0 Å². The molecule has 1 saturated heterocycles. The number of hydrogen-bond acceptors (Lipinski definition) is 3. The number of piperidine rings is 1. The summed E-state index contributed by atoms with van der Waals surface area (Å²) in [6.45, 7) is 2.74. The summed E-state index contributed by atoms with van der Waals surface area (Å²) >= 11 is 0. The van der Waals surface area contributed by atoms with Crippen LogP contribution in [0.15, 0.2) is 24.3 Å². The molecular formula is C19H27N3O2. The number of aryl methyl sites for hydroxylation is 1. The lowest BCUT2D eigenvalue weighted by Gasteiger charge is -2.33. The van der Waals surface area contributed by atoms with Gasteiger partial charge in [0.25, 0.3) is 0 Å². The second-order valence-corrected chi connectivity index (χ2v) is 7.15. The fraction of sp³-hybridized carbons (Fsp3) is 0.579. The highest BCUT2D eigenvalue weighted by molar-refractivity contribution is 5.99. The van der Waals surface area contributed by atoms with Crippen LogP contribution in [0.1, 0.15) is 44.1 Å². The van der Waals surface area contributed by atoms with Crippen molar-refractivity contribution in [3.8, 4) is 0 Å². The molecule has 1 aromatic carbocycles. The van der Waals surface area contributed by atoms with Gasteiger partial charge in [0.05, 0.1) is 0 Å². The minimum absolute atomic E-state index is 0.00539. The van der Waals surface area contributed by atoms with Gasteiger partial charge >= 0.3 is 0 Å². The molecule has 3 rings (SSSR count). The van der Waals surface area contributed by atoms with Crippen LogP contribution in [-0.2, 0) is 9.59 Å². The van der Waals surface area contributed by atoms with Crippen molar-refractivity contribution in [2.75, 3.05) is 11.4 Å². The highest BCUT2D eigenvalue weighted by Gasteiger charge is 2.32. The number of amides is 2. The van der Waals surface area contributed by atoms with Gasteiger partial charge in [-0.2, -0.15) is 0 Å². The lowest BCUT2D eigenvalue weighted by atomic mass is 9.98. The van der Waals surface area contributed by atoms with E-state index in [1.165, 1.54) is 5.56 Å². The SMILES string of the molecule is Cc1ccc(N2CCCC(NC(=O)C[C@@H]3CCC[C@H]3N)C2=O)cc1. The maximum atomic E-state index is 12.7. The molecule has 130 valence electrons. The standard InChI is InChI=1S/C19H27N3O2/c1-13-7-9-15(10-8-13)22-11-3-6-17(19(22)24)21-18(23)12-14-4-2-5-16(14)20/h7-10,14,16-17H,2-6,11-12,20H2,1H3,(H,21,23)/t14-,16+,17?/m0/s1. The van der Waals surface area contributed by atoms with E-state index < -0.39 is 6.04 Å². The fourth-order valence-electron chi connectivity index (χ4n) is 3.80. The number of carbonyl (C=O) groups is 2. The Morgan fingerprint density at radius 1 is 1.21 bits per heavy atom. The van der Waals surface area contributed by atoms with Gasteiger partial charge in [0.1, 0.15) is 6.04 Å². The van der Waals surface area contributed by atoms with Gasteiger partial charge in [0, 0.05) is 24.7 Å². The second kappa shape index (κ2) is 7.34. The van der Waals surface area contributed by atoms with Crippen LogP contribution < -0.4 is 16.0 Å². The van der Waals surface area contributed by atoms with Crippen molar-refractivity contribution < 1.29 is 9.59 Å². The summed E-state index contributed by atoms with van der Waals surface area (Å²) in [5, 5.41) is 2.94. The van der Waals surface area contributed by atoms with E-state index in [2.05, 4.69) is 5.32 Å². The minimum Gasteiger partial charge on any atom is -0.344 e. The molecule has 0 spiro atoms. The van der Waals surface area contributed by atoms with Crippen molar-refractivity contribution in [2.45, 2.75) is 57.5 Å². The number of anilines is 1. The van der Waals surface area contributed by atoms with Crippen LogP contribution in [0.3, 0.4) is 0 Å². The Balaban J connectivity index is 1.60. The van der Waals surface area contributed by atoms with E-state index in [9.17, 15) is 9.59 Å². The first kappa shape index (κ1) is 17.0. The summed E-state index contributed by atoms with van der Waals surface area (Å²) in [5.74, 6) is 0.215. The lowest BCUT2D eigenvalue weighted by Crippen LogP contribution is -2.52. The molecule has 24 heavy (non-hydrogen) atoms. The van der Waals surface area contributed by atoms with Crippen LogP contribution in [0.5, 0.6) is 0 Å². The number of benzene rings is 1. The van der Waals surface area contributed by atoms with E-state index in [1.54, 1.807) is 4.90 Å². The van der Waals surface area contributed by atoms with Gasteiger partial charge in [0.15, 0.2) is 0 Å². The third kappa shape index (κ3) is 3.78. The fourth-order valence-corrected chi connectivity index (χ4v) is 3.80. The molecule has 1 aliphatic carbocycles. The zero-order valence-electron chi connectivity index (χ0n) is 14.3. The number of rotatable bonds is 4. The first-order valence-corrected chi connectivity index (χ1v) is 8.97. The van der Waals surface area contributed by atoms with Crippen molar-refractivity contribution in [3.63, 3.8) is 0 Å². The van der Waals surface area contributed by atoms with Crippen LogP contribution >= 0.6 is 0 Å². The van der Waals surface area contributed by atoms with E-state index in [0.717, 1.165) is 31.4 Å². The molecule has 1 saturated carbocycles. The first-order chi connectivity index (χ1) is 11.5. The first-order valence-electron chi connectivity index (χ1n) is 8.97. The van der Waals surface area contributed by atoms with Crippen molar-refractivity contribution >= 4 is 17.5 Å². The summed E-state index contributed by atoms with van der Waals surface area (Å²) in [6, 6.07) is 7.66. The van der Waals surface area contributed by atoms with Gasteiger partial charge < -0.3 is 16.0 Å². The average molecular weight is 329 g/mol. The van der Waals surface area contributed by atoms with E-state index in [4.69, 9.17) is 5.73 Å². The van der Waals surface area contributed by atoms with Gasteiger partial charge in [-0.3, -0.25) is 9.59 Å². The molecule has 0 bridgehead atoms. The monoisotopic (exact) mass is 329 g/mol. The van der Waals surface area contributed by atoms with E-state index in [-0.39, 0.29) is 23.8 Å². The van der Waals surface area contributed by atoms with Crippen LogP contribution in [0, 0.1) is 12.8 Å². The minimum atomic E-state index is -0.412. The molecule has 0 radical (unpaired) electrons. The molecule has 3 atom stereocenters. The third-order valence-electron chi connectivity index (χ3n) is 5.28. The summed E-state index contributed by atoms with van der Waals surface area (Å²) in [4.78, 5) is 26.8. The Kier molecular flexibility index (Phi) is 5.19. The molecule has 0 aromatic heterocycles. The largest absolute Gasteiger partial charge is 0.344 e. The molecule has 2 amide bonds. The molecule has 5 nitrogen and oxygen atoms in total. The topological polar surface area (TPSA) is 75.4 Å². The van der Waals surface area contributed by atoms with Gasteiger partial charge in [-0.25, -0.2) is 0 Å². The smallest absolute Gasteiger partial charge is 0.249 e. The molecule has 1 aliphatic heterocycles. The molecule has 2 aliphatic rings. The Labute approximate surface area is 143 Å². The third-order valence-corrected chi connectivity index (χ3v) is 5.28. The van der Waals surface area contributed by atoms with E-state index in [0.29, 0.717) is 19.4 Å². The number of nitrogens with zero attached hydrogens (tertiary/aromatic N) is 1. The second-order valence-electron chi connectivity index (χ2n) is 7.15. The van der Waals surface area contributed by atoms with Crippen LogP contribution in [-0.4, -0.2) is 30.4 Å². The predicted molar refractivity (Wildman–Crippen MR) is 94.6 cm³/mol. The maximum Gasteiger partial charge on any atom is 0.249 e.